The molecule has 1 N–H and O–H groups in total. The van der Waals surface area contributed by atoms with Gasteiger partial charge in [-0.1, -0.05) is 24.3 Å². The van der Waals surface area contributed by atoms with Crippen molar-refractivity contribution in [2.24, 2.45) is 5.92 Å². The molecule has 5 heteroatoms. The minimum atomic E-state index is -0.391. The van der Waals surface area contributed by atoms with Gasteiger partial charge in [-0.2, -0.15) is 0 Å². The molecule has 5 nitrogen and oxygen atoms in total. The highest BCUT2D eigenvalue weighted by Gasteiger charge is 2.21. The highest BCUT2D eigenvalue weighted by molar-refractivity contribution is 5.79. The van der Waals surface area contributed by atoms with Crippen molar-refractivity contribution in [1.82, 2.24) is 4.90 Å². The number of ketones is 1. The first-order valence-electron chi connectivity index (χ1n) is 10.3. The van der Waals surface area contributed by atoms with Crippen LogP contribution in [0.3, 0.4) is 0 Å². The Morgan fingerprint density at radius 2 is 2.04 bits per heavy atom. The summed E-state index contributed by atoms with van der Waals surface area (Å²) in [6, 6.07) is 8.60. The molecule has 0 amide bonds. The van der Waals surface area contributed by atoms with Crippen LogP contribution in [0.1, 0.15) is 36.8 Å². The van der Waals surface area contributed by atoms with E-state index in [0.29, 0.717) is 25.4 Å². The molecule has 1 aliphatic heterocycles. The number of hydrogen-bond donors (Lipinski definition) is 1. The number of ether oxygens (including phenoxy) is 2. The average Bonchev–Trinajstić information content (AvgIpc) is 2.70. The Labute approximate surface area is 162 Å². The maximum atomic E-state index is 12.0. The van der Waals surface area contributed by atoms with Crippen molar-refractivity contribution in [3.05, 3.63) is 35.4 Å². The van der Waals surface area contributed by atoms with Crippen LogP contribution >= 0.6 is 0 Å². The van der Waals surface area contributed by atoms with Gasteiger partial charge in [-0.3, -0.25) is 9.69 Å². The summed E-state index contributed by atoms with van der Waals surface area (Å²) in [4.78, 5) is 14.3. The molecule has 1 aromatic rings. The average molecular weight is 376 g/mol. The largest absolute Gasteiger partial charge is 0.393 e. The predicted octanol–water partition coefficient (Wildman–Crippen LogP) is 2.24. The first-order chi connectivity index (χ1) is 13.2. The number of aryl methyl sites for hydroxylation is 1. The lowest BCUT2D eigenvalue weighted by atomic mass is 9.81. The third-order valence-electron chi connectivity index (χ3n) is 5.73. The molecule has 3 rings (SSSR count). The zero-order chi connectivity index (χ0) is 18.9. The number of rotatable bonds is 10. The van der Waals surface area contributed by atoms with E-state index in [9.17, 15) is 9.90 Å². The van der Waals surface area contributed by atoms with Crippen molar-refractivity contribution < 1.29 is 19.4 Å². The topological polar surface area (TPSA) is 59.0 Å². The number of morpholine rings is 1. The Balaban J connectivity index is 1.25. The van der Waals surface area contributed by atoms with Crippen molar-refractivity contribution in [3.63, 3.8) is 0 Å². The third-order valence-corrected chi connectivity index (χ3v) is 5.73. The fourth-order valence-electron chi connectivity index (χ4n) is 4.08. The Kier molecular flexibility index (Phi) is 8.27. The molecule has 1 fully saturated rings. The molecule has 1 heterocycles. The van der Waals surface area contributed by atoms with Crippen LogP contribution in [-0.2, 0) is 27.1 Å². The third kappa shape index (κ3) is 7.00. The SMILES string of the molecule is O=C(CCC(O)CC1CCc2ccccc2C1)COCCN1CCOCC1. The van der Waals surface area contributed by atoms with Crippen molar-refractivity contribution in [3.8, 4) is 0 Å². The Morgan fingerprint density at radius 1 is 1.26 bits per heavy atom. The van der Waals surface area contributed by atoms with E-state index in [2.05, 4.69) is 29.2 Å². The van der Waals surface area contributed by atoms with Gasteiger partial charge in [-0.25, -0.2) is 0 Å². The summed E-state index contributed by atoms with van der Waals surface area (Å²) in [5, 5.41) is 10.3. The molecule has 0 aromatic heterocycles. The quantitative estimate of drug-likeness (QED) is 0.636. The van der Waals surface area contributed by atoms with E-state index < -0.39 is 6.10 Å². The van der Waals surface area contributed by atoms with E-state index in [-0.39, 0.29) is 12.4 Å². The van der Waals surface area contributed by atoms with E-state index in [0.717, 1.165) is 58.5 Å². The first-order valence-corrected chi connectivity index (χ1v) is 10.3. The maximum absolute atomic E-state index is 12.0. The predicted molar refractivity (Wildman–Crippen MR) is 105 cm³/mol. The lowest BCUT2D eigenvalue weighted by Gasteiger charge is -2.26. The molecule has 0 saturated carbocycles. The first kappa shape index (κ1) is 20.5. The number of Topliss-reactive ketones (excluding diaryl/α,β-unsaturated/α-hetero) is 1. The molecule has 2 aliphatic rings. The minimum Gasteiger partial charge on any atom is -0.393 e. The van der Waals surface area contributed by atoms with Crippen LogP contribution in [0.2, 0.25) is 0 Å². The summed E-state index contributed by atoms with van der Waals surface area (Å²) in [6.45, 7) is 5.03. The second-order valence-corrected chi connectivity index (χ2v) is 7.85. The number of benzene rings is 1. The highest BCUT2D eigenvalue weighted by Crippen LogP contribution is 2.28. The van der Waals surface area contributed by atoms with Gasteiger partial charge < -0.3 is 14.6 Å². The lowest BCUT2D eigenvalue weighted by molar-refractivity contribution is -0.124. The van der Waals surface area contributed by atoms with E-state index in [1.807, 2.05) is 0 Å². The van der Waals surface area contributed by atoms with E-state index in [4.69, 9.17) is 9.47 Å². The van der Waals surface area contributed by atoms with Crippen LogP contribution < -0.4 is 0 Å². The summed E-state index contributed by atoms with van der Waals surface area (Å²) in [7, 11) is 0. The number of aliphatic hydroxyl groups excluding tert-OH is 1. The number of nitrogens with zero attached hydrogens (tertiary/aromatic N) is 1. The molecule has 2 atom stereocenters. The molecule has 2 unspecified atom stereocenters. The van der Waals surface area contributed by atoms with Crippen LogP contribution in [0.4, 0.5) is 0 Å². The summed E-state index contributed by atoms with van der Waals surface area (Å²) >= 11 is 0. The second kappa shape index (κ2) is 10.9. The van der Waals surface area contributed by atoms with Crippen LogP contribution in [0, 0.1) is 5.92 Å². The monoisotopic (exact) mass is 375 g/mol. The van der Waals surface area contributed by atoms with Crippen LogP contribution in [0.25, 0.3) is 0 Å². The van der Waals surface area contributed by atoms with E-state index in [1.54, 1.807) is 0 Å². The van der Waals surface area contributed by atoms with Crippen molar-refractivity contribution in [1.29, 1.82) is 0 Å². The molecular formula is C22H33NO4. The summed E-state index contributed by atoms with van der Waals surface area (Å²) < 4.78 is 10.8. The van der Waals surface area contributed by atoms with Gasteiger partial charge in [0.15, 0.2) is 5.78 Å². The molecule has 1 saturated heterocycles. The fraction of sp³-hybridized carbons (Fsp3) is 0.682. The second-order valence-electron chi connectivity index (χ2n) is 7.85. The van der Waals surface area contributed by atoms with Gasteiger partial charge >= 0.3 is 0 Å². The van der Waals surface area contributed by atoms with Gasteiger partial charge in [0.25, 0.3) is 0 Å². The Bertz CT molecular complexity index is 585. The number of carbonyl (C=O) groups excluding carboxylic acids is 1. The van der Waals surface area contributed by atoms with E-state index in [1.165, 1.54) is 11.1 Å². The van der Waals surface area contributed by atoms with Crippen molar-refractivity contribution in [2.45, 2.75) is 44.6 Å². The molecule has 0 radical (unpaired) electrons. The zero-order valence-electron chi connectivity index (χ0n) is 16.3. The Hall–Kier alpha value is -1.27. The van der Waals surface area contributed by atoms with Gasteiger partial charge in [-0.15, -0.1) is 0 Å². The number of aliphatic hydroxyl groups is 1. The molecule has 1 aliphatic carbocycles. The zero-order valence-corrected chi connectivity index (χ0v) is 16.3. The highest BCUT2D eigenvalue weighted by atomic mass is 16.5. The Morgan fingerprint density at radius 3 is 2.85 bits per heavy atom. The van der Waals surface area contributed by atoms with Crippen molar-refractivity contribution in [2.75, 3.05) is 46.1 Å². The van der Waals surface area contributed by atoms with Crippen LogP contribution in [0.5, 0.6) is 0 Å². The van der Waals surface area contributed by atoms with Crippen LogP contribution in [-0.4, -0.2) is 68.0 Å². The number of hydrogen-bond acceptors (Lipinski definition) is 5. The smallest absolute Gasteiger partial charge is 0.158 e. The van der Waals surface area contributed by atoms with Gasteiger partial charge in [-0.05, 0) is 49.1 Å². The summed E-state index contributed by atoms with van der Waals surface area (Å²) in [5.74, 6) is 0.611. The van der Waals surface area contributed by atoms with Crippen molar-refractivity contribution >= 4 is 5.78 Å². The van der Waals surface area contributed by atoms with E-state index >= 15 is 0 Å². The van der Waals surface area contributed by atoms with Crippen LogP contribution in [0.15, 0.2) is 24.3 Å². The molecule has 150 valence electrons. The maximum Gasteiger partial charge on any atom is 0.158 e. The van der Waals surface area contributed by atoms with Gasteiger partial charge in [0.05, 0.1) is 25.9 Å². The lowest BCUT2D eigenvalue weighted by Crippen LogP contribution is -2.38. The molecule has 1 aromatic carbocycles. The summed E-state index contributed by atoms with van der Waals surface area (Å²) in [5.41, 5.74) is 2.87. The molecular weight excluding hydrogens is 342 g/mol. The normalized spacial score (nSPS) is 21.6. The molecule has 27 heavy (non-hydrogen) atoms. The van der Waals surface area contributed by atoms with Gasteiger partial charge in [0, 0.05) is 26.1 Å². The standard InChI is InChI=1S/C22H33NO4/c24-21(16-18-5-6-19-3-1-2-4-20(19)15-18)7-8-22(25)17-27-14-11-23-9-12-26-13-10-23/h1-4,18,21,24H,5-17H2. The number of fused-ring (bicyclic) bond motifs is 1. The molecule has 0 spiro atoms. The fourth-order valence-corrected chi connectivity index (χ4v) is 4.08. The molecule has 0 bridgehead atoms. The minimum absolute atomic E-state index is 0.0880. The number of carbonyl (C=O) groups is 1. The summed E-state index contributed by atoms with van der Waals surface area (Å²) in [6.07, 6.45) is 4.63. The van der Waals surface area contributed by atoms with Gasteiger partial charge in [0.1, 0.15) is 6.61 Å². The van der Waals surface area contributed by atoms with Gasteiger partial charge in [0.2, 0.25) is 0 Å².